The van der Waals surface area contributed by atoms with Gasteiger partial charge in [-0.25, -0.2) is 3.11 Å². The summed E-state index contributed by atoms with van der Waals surface area (Å²) in [5.41, 5.74) is 3.95. The van der Waals surface area contributed by atoms with Gasteiger partial charge in [-0.1, -0.05) is 0 Å². The van der Waals surface area contributed by atoms with Crippen LogP contribution in [0.15, 0.2) is 51.7 Å². The predicted octanol–water partition coefficient (Wildman–Crippen LogP) is 2.61. The number of anilines is 1. The van der Waals surface area contributed by atoms with E-state index in [0.717, 1.165) is 25.9 Å². The van der Waals surface area contributed by atoms with E-state index in [1.807, 2.05) is 0 Å². The molecule has 13 heteroatoms. The van der Waals surface area contributed by atoms with Gasteiger partial charge >= 0.3 is 0 Å². The van der Waals surface area contributed by atoms with E-state index in [1.165, 1.54) is 11.2 Å². The molecule has 1 aliphatic heterocycles. The summed E-state index contributed by atoms with van der Waals surface area (Å²) in [6, 6.07) is 2.56. The van der Waals surface area contributed by atoms with Gasteiger partial charge in [0.2, 0.25) is 5.78 Å². The molecule has 0 radical (unpaired) electrons. The van der Waals surface area contributed by atoms with Crippen LogP contribution in [0.4, 0.5) is 5.69 Å². The third-order valence-corrected chi connectivity index (χ3v) is 10.3. The quantitative estimate of drug-likeness (QED) is 0.116. The molecule has 0 unspecified atom stereocenters. The molecule has 2 aromatic rings. The second-order valence-corrected chi connectivity index (χ2v) is 13.3. The van der Waals surface area contributed by atoms with Crippen LogP contribution >= 0.6 is 22.9 Å². The summed E-state index contributed by atoms with van der Waals surface area (Å²) in [6.07, 6.45) is 4.93. The normalized spacial score (nSPS) is 28.2. The van der Waals surface area contributed by atoms with Crippen molar-refractivity contribution >= 4 is 46.0 Å². The number of benzene rings is 1. The Morgan fingerprint density at radius 3 is 2.51 bits per heavy atom. The third kappa shape index (κ3) is 4.47. The number of rotatable bonds is 5. The Morgan fingerprint density at radius 2 is 1.91 bits per heavy atom. The number of furan rings is 1. The molecule has 2 heterocycles. The van der Waals surface area contributed by atoms with E-state index in [9.17, 15) is 34.8 Å². The van der Waals surface area contributed by atoms with Gasteiger partial charge in [0.15, 0.2) is 11.4 Å². The van der Waals surface area contributed by atoms with Crippen molar-refractivity contribution in [3.63, 3.8) is 0 Å². The largest absolute Gasteiger partial charge is 0.510 e. The van der Waals surface area contributed by atoms with Crippen LogP contribution in [-0.4, -0.2) is 90.8 Å². The molecule has 1 aromatic heterocycles. The number of phenolic OH excluding ortho intramolecular Hbond substituents is 1. The van der Waals surface area contributed by atoms with Crippen molar-refractivity contribution in [1.29, 1.82) is 0 Å². The van der Waals surface area contributed by atoms with Crippen LogP contribution in [-0.2, 0) is 16.0 Å². The second kappa shape index (κ2) is 10.6. The molecule has 1 aromatic carbocycles. The van der Waals surface area contributed by atoms with Crippen molar-refractivity contribution in [1.82, 2.24) is 8.01 Å². The van der Waals surface area contributed by atoms with Crippen LogP contribution < -0.4 is 11.1 Å². The Kier molecular flexibility index (Phi) is 7.34. The number of aliphatic hydroxyl groups excluding tert-OH is 2. The number of piperidine rings is 1. The van der Waals surface area contributed by atoms with Crippen LogP contribution in [0.1, 0.15) is 35.2 Å². The third-order valence-electron chi connectivity index (χ3n) is 9.35. The molecule has 3 aliphatic carbocycles. The highest BCUT2D eigenvalue weighted by Gasteiger charge is 2.63. The Balaban J connectivity index is 1.51. The number of hydrogen-bond acceptors (Lipinski definition) is 11. The number of halogens is 1. The van der Waals surface area contributed by atoms with Gasteiger partial charge in [0.05, 0.1) is 29.8 Å². The number of hydrogen-bond donors (Lipinski definition) is 6. The lowest BCUT2D eigenvalue weighted by molar-refractivity contribution is -0.148. The molecule has 4 aliphatic rings. The molecule has 228 valence electrons. The van der Waals surface area contributed by atoms with Crippen LogP contribution in [0.5, 0.6) is 5.75 Å². The van der Waals surface area contributed by atoms with E-state index in [-0.39, 0.29) is 35.8 Å². The number of phenols is 1. The highest BCUT2D eigenvalue weighted by molar-refractivity contribution is 14.1. The zero-order chi connectivity index (χ0) is 31.0. The van der Waals surface area contributed by atoms with Crippen molar-refractivity contribution in [2.45, 2.75) is 43.4 Å². The van der Waals surface area contributed by atoms with Gasteiger partial charge in [-0.2, -0.15) is 0 Å². The Labute approximate surface area is 261 Å². The number of amides is 1. The maximum Gasteiger partial charge on any atom is 0.255 e. The van der Waals surface area contributed by atoms with Crippen molar-refractivity contribution in [3.05, 3.63) is 58.5 Å². The molecule has 0 saturated carbocycles. The topological polar surface area (TPSA) is 190 Å². The van der Waals surface area contributed by atoms with E-state index in [4.69, 9.17) is 10.2 Å². The van der Waals surface area contributed by atoms with Crippen molar-refractivity contribution < 1.29 is 39.2 Å². The summed E-state index contributed by atoms with van der Waals surface area (Å²) in [5, 5.41) is 49.4. The predicted molar refractivity (Wildman–Crippen MR) is 164 cm³/mol. The number of aliphatic hydroxyl groups is 3. The molecule has 43 heavy (non-hydrogen) atoms. The van der Waals surface area contributed by atoms with Gasteiger partial charge in [-0.15, -0.1) is 0 Å². The number of aromatic hydroxyl groups is 1. The van der Waals surface area contributed by atoms with Gasteiger partial charge in [-0.05, 0) is 69.0 Å². The van der Waals surface area contributed by atoms with Gasteiger partial charge in [0.25, 0.3) is 5.91 Å². The zero-order valence-corrected chi connectivity index (χ0v) is 25.8. The highest BCUT2D eigenvalue weighted by Crippen LogP contribution is 2.54. The maximum atomic E-state index is 14.3. The minimum atomic E-state index is -2.68. The number of carbonyl (C=O) groups excluding carboxylic acids is 3. The van der Waals surface area contributed by atoms with Crippen molar-refractivity contribution in [2.75, 3.05) is 32.5 Å². The number of ketones is 2. The first-order valence-electron chi connectivity index (χ1n) is 14.1. The van der Waals surface area contributed by atoms with E-state index in [0.29, 0.717) is 22.4 Å². The lowest BCUT2D eigenvalue weighted by atomic mass is 9.58. The molecule has 12 nitrogen and oxygen atoms in total. The minimum absolute atomic E-state index is 0.0201. The fraction of sp³-hybridized carbons (Fsp3) is 0.433. The zero-order valence-electron chi connectivity index (χ0n) is 23.6. The van der Waals surface area contributed by atoms with Gasteiger partial charge < -0.3 is 35.9 Å². The van der Waals surface area contributed by atoms with E-state index < -0.39 is 58.0 Å². The number of Topliss-reactive ketones (excluding diaryl/α,β-unsaturated/α-hetero) is 2. The van der Waals surface area contributed by atoms with E-state index >= 15 is 0 Å². The maximum absolute atomic E-state index is 14.3. The Hall–Kier alpha value is -3.40. The fourth-order valence-electron chi connectivity index (χ4n) is 7.32. The summed E-state index contributed by atoms with van der Waals surface area (Å²) >= 11 is 2.28. The van der Waals surface area contributed by atoms with Gasteiger partial charge in [0.1, 0.15) is 22.8 Å². The summed E-state index contributed by atoms with van der Waals surface area (Å²) in [4.78, 5) is 41.6. The molecule has 1 saturated heterocycles. The molecule has 6 rings (SSSR count). The number of nitrogens with one attached hydrogen (secondary N) is 1. The first-order chi connectivity index (χ1) is 20.4. The number of allylic oxidation sites excluding steroid dienone is 1. The number of likely N-dealkylation sites (N-methyl/N-ethyl adjacent to an activating group) is 1. The van der Waals surface area contributed by atoms with Gasteiger partial charge in [0, 0.05) is 59.1 Å². The Morgan fingerprint density at radius 1 is 1.21 bits per heavy atom. The van der Waals surface area contributed by atoms with Crippen LogP contribution in [0, 0.1) is 11.8 Å². The monoisotopic (exact) mass is 704 g/mol. The number of nitrogens with two attached hydrogens (primary N) is 1. The first kappa shape index (κ1) is 29.7. The molecular formula is C30H33IN4O8. The summed E-state index contributed by atoms with van der Waals surface area (Å²) in [6.45, 7) is 1.72. The standard InChI is InChI=1S/C30H33IN4O8/c1-34(2)23-18-10-14-9-17-16(13-5-8-43-12-13)11-19(33-15-3-6-35(31)7-4-15)24(36)21(17)25(37)20(14)27(39)30(18,42)28(40)22(26(23)38)29(32)41/h5,8,11-12,14-15,18,23,33,36,38-39,42H,3-4,6-7,9-10H2,1-2H3,(H2,32,41)/t14-,18-,23-,30-/m0/s1. The Bertz CT molecular complexity index is 1590. The SMILES string of the molecule is CN(C)[C@@H]1C(O)=C(C(N)=O)C(=O)[C@@]2(O)C(O)=C3C(=O)c4c(O)c(NC5CCN(I)CC5)cc(-c5ccoc5)c4C[C@H]3C[C@@H]12. The number of primary amides is 1. The van der Waals surface area contributed by atoms with Crippen molar-refractivity contribution in [3.8, 4) is 16.9 Å². The lowest BCUT2D eigenvalue weighted by Gasteiger charge is -2.50. The molecule has 1 amide bonds. The number of carbonyl (C=O) groups is 3. The van der Waals surface area contributed by atoms with Crippen LogP contribution in [0.2, 0.25) is 0 Å². The lowest BCUT2D eigenvalue weighted by Crippen LogP contribution is -2.63. The summed E-state index contributed by atoms with van der Waals surface area (Å²) < 4.78 is 7.54. The minimum Gasteiger partial charge on any atom is -0.510 e. The molecular weight excluding hydrogens is 671 g/mol. The smallest absolute Gasteiger partial charge is 0.255 e. The number of fused-ring (bicyclic) bond motifs is 3. The number of nitrogens with zero attached hydrogens (tertiary/aromatic N) is 2. The van der Waals surface area contributed by atoms with Crippen LogP contribution in [0.3, 0.4) is 0 Å². The molecule has 4 atom stereocenters. The first-order valence-corrected chi connectivity index (χ1v) is 15.1. The van der Waals surface area contributed by atoms with E-state index in [2.05, 4.69) is 31.3 Å². The summed E-state index contributed by atoms with van der Waals surface area (Å²) in [7, 11) is 3.20. The fourth-order valence-corrected chi connectivity index (χ4v) is 7.87. The second-order valence-electron chi connectivity index (χ2n) is 12.0. The average Bonchev–Trinajstić information content (AvgIpc) is 3.48. The van der Waals surface area contributed by atoms with Crippen molar-refractivity contribution in [2.24, 2.45) is 17.6 Å². The van der Waals surface area contributed by atoms with Gasteiger partial charge in [-0.3, -0.25) is 19.3 Å². The summed E-state index contributed by atoms with van der Waals surface area (Å²) in [5.74, 6) is -6.76. The molecule has 7 N–H and O–H groups in total. The highest BCUT2D eigenvalue weighted by atomic mass is 127. The van der Waals surface area contributed by atoms with E-state index in [1.54, 1.807) is 32.5 Å². The average molecular weight is 705 g/mol. The molecule has 1 fully saturated rings. The van der Waals surface area contributed by atoms with Crippen LogP contribution in [0.25, 0.3) is 11.1 Å². The molecule has 0 bridgehead atoms. The molecule has 0 spiro atoms.